The Kier molecular flexibility index (Phi) is 3.90. The maximum absolute atomic E-state index is 11.9. The molecule has 1 heterocycles. The quantitative estimate of drug-likeness (QED) is 0.820. The topological polar surface area (TPSA) is 67.4 Å². The molecular formula is C13H13BrN2O3. The summed E-state index contributed by atoms with van der Waals surface area (Å²) in [4.78, 5) is 23.4. The van der Waals surface area contributed by atoms with Crippen molar-refractivity contribution in [3.63, 3.8) is 0 Å². The molecule has 1 atom stereocenters. The van der Waals surface area contributed by atoms with Gasteiger partial charge < -0.3 is 15.4 Å². The van der Waals surface area contributed by atoms with Gasteiger partial charge in [-0.3, -0.25) is 0 Å². The largest absolute Gasteiger partial charge is 0.466 e. The number of hydrogen-bond donors (Lipinski definition) is 2. The van der Waals surface area contributed by atoms with Gasteiger partial charge in [-0.1, -0.05) is 28.1 Å². The summed E-state index contributed by atoms with van der Waals surface area (Å²) in [6, 6.07) is 6.57. The van der Waals surface area contributed by atoms with E-state index in [-0.39, 0.29) is 6.03 Å². The lowest BCUT2D eigenvalue weighted by atomic mass is 9.96. The summed E-state index contributed by atoms with van der Waals surface area (Å²) in [6.07, 6.45) is 0. The van der Waals surface area contributed by atoms with Crippen LogP contribution < -0.4 is 10.6 Å². The fraction of sp³-hybridized carbons (Fsp3) is 0.231. The number of carbonyl (C=O) groups excluding carboxylic acids is 2. The second-order valence-electron chi connectivity index (χ2n) is 4.12. The Bertz CT molecular complexity index is 569. The third-order valence-corrected chi connectivity index (χ3v) is 3.35. The van der Waals surface area contributed by atoms with Gasteiger partial charge in [0.15, 0.2) is 0 Å². The maximum atomic E-state index is 11.9. The van der Waals surface area contributed by atoms with Crippen LogP contribution in [0.2, 0.25) is 0 Å². The summed E-state index contributed by atoms with van der Waals surface area (Å²) in [5.41, 5.74) is 1.71. The Morgan fingerprint density at radius 1 is 1.42 bits per heavy atom. The van der Waals surface area contributed by atoms with E-state index in [1.165, 1.54) is 7.11 Å². The van der Waals surface area contributed by atoms with Crippen LogP contribution in [0.1, 0.15) is 18.5 Å². The highest BCUT2D eigenvalue weighted by Gasteiger charge is 2.31. The zero-order valence-electron chi connectivity index (χ0n) is 10.5. The van der Waals surface area contributed by atoms with E-state index >= 15 is 0 Å². The van der Waals surface area contributed by atoms with Gasteiger partial charge in [-0.15, -0.1) is 0 Å². The number of urea groups is 1. The number of halogens is 1. The molecule has 1 aliphatic heterocycles. The van der Waals surface area contributed by atoms with Crippen molar-refractivity contribution < 1.29 is 14.3 Å². The van der Waals surface area contributed by atoms with E-state index < -0.39 is 12.0 Å². The number of carbonyl (C=O) groups is 2. The van der Waals surface area contributed by atoms with Crippen LogP contribution in [-0.2, 0) is 9.53 Å². The number of nitrogens with one attached hydrogen (secondary N) is 2. The molecule has 19 heavy (non-hydrogen) atoms. The van der Waals surface area contributed by atoms with E-state index in [2.05, 4.69) is 26.6 Å². The van der Waals surface area contributed by atoms with Crippen LogP contribution in [-0.4, -0.2) is 19.1 Å². The number of hydrogen-bond acceptors (Lipinski definition) is 3. The van der Waals surface area contributed by atoms with Crippen LogP contribution in [0.3, 0.4) is 0 Å². The molecule has 0 saturated heterocycles. The van der Waals surface area contributed by atoms with Gasteiger partial charge in [-0.2, -0.15) is 0 Å². The monoisotopic (exact) mass is 324 g/mol. The van der Waals surface area contributed by atoms with Crippen molar-refractivity contribution in [1.29, 1.82) is 0 Å². The second-order valence-corrected chi connectivity index (χ2v) is 5.03. The van der Waals surface area contributed by atoms with Crippen LogP contribution in [0.4, 0.5) is 4.79 Å². The van der Waals surface area contributed by atoms with Crippen LogP contribution in [0.15, 0.2) is 40.0 Å². The van der Waals surface area contributed by atoms with Gasteiger partial charge in [0.05, 0.1) is 18.7 Å². The van der Waals surface area contributed by atoms with Crippen LogP contribution >= 0.6 is 15.9 Å². The average molecular weight is 325 g/mol. The lowest BCUT2D eigenvalue weighted by molar-refractivity contribution is -0.136. The minimum atomic E-state index is -0.515. The fourth-order valence-corrected chi connectivity index (χ4v) is 2.43. The van der Waals surface area contributed by atoms with E-state index in [0.717, 1.165) is 10.0 Å². The van der Waals surface area contributed by atoms with Gasteiger partial charge in [0.25, 0.3) is 0 Å². The Labute approximate surface area is 119 Å². The molecule has 0 aromatic heterocycles. The normalized spacial score (nSPS) is 18.7. The molecule has 1 aromatic rings. The van der Waals surface area contributed by atoms with Crippen LogP contribution in [0.5, 0.6) is 0 Å². The van der Waals surface area contributed by atoms with Crippen LogP contribution in [0.25, 0.3) is 0 Å². The highest BCUT2D eigenvalue weighted by Crippen LogP contribution is 2.28. The highest BCUT2D eigenvalue weighted by molar-refractivity contribution is 9.10. The first-order valence-corrected chi connectivity index (χ1v) is 6.44. The van der Waals surface area contributed by atoms with Crippen molar-refractivity contribution in [2.45, 2.75) is 13.0 Å². The molecule has 2 N–H and O–H groups in total. The van der Waals surface area contributed by atoms with Crippen molar-refractivity contribution in [2.75, 3.05) is 7.11 Å². The number of methoxy groups -OCH3 is 1. The molecule has 0 radical (unpaired) electrons. The molecule has 0 saturated carbocycles. The first-order chi connectivity index (χ1) is 9.02. The fourth-order valence-electron chi connectivity index (χ4n) is 2.01. The molecule has 0 fully saturated rings. The van der Waals surface area contributed by atoms with Crippen molar-refractivity contribution in [1.82, 2.24) is 10.6 Å². The summed E-state index contributed by atoms with van der Waals surface area (Å²) in [5, 5.41) is 5.30. The van der Waals surface area contributed by atoms with Gasteiger partial charge in [0, 0.05) is 10.2 Å². The first kappa shape index (κ1) is 13.6. The molecule has 1 aromatic carbocycles. The molecule has 2 rings (SSSR count). The van der Waals surface area contributed by atoms with Crippen molar-refractivity contribution in [3.05, 3.63) is 45.6 Å². The molecule has 0 aliphatic carbocycles. The van der Waals surface area contributed by atoms with Gasteiger partial charge >= 0.3 is 12.0 Å². The Balaban J connectivity index is 2.49. The summed E-state index contributed by atoms with van der Waals surface area (Å²) in [7, 11) is 1.32. The van der Waals surface area contributed by atoms with Gasteiger partial charge in [-0.05, 0) is 24.6 Å². The second kappa shape index (κ2) is 5.44. The highest BCUT2D eigenvalue weighted by atomic mass is 79.9. The molecule has 5 nitrogen and oxygen atoms in total. The van der Waals surface area contributed by atoms with E-state index in [1.807, 2.05) is 24.3 Å². The summed E-state index contributed by atoms with van der Waals surface area (Å²) in [6.45, 7) is 1.68. The van der Waals surface area contributed by atoms with Gasteiger partial charge in [0.2, 0.25) is 0 Å². The molecule has 0 unspecified atom stereocenters. The molecule has 100 valence electrons. The minimum Gasteiger partial charge on any atom is -0.466 e. The molecule has 0 bridgehead atoms. The predicted octanol–water partition coefficient (Wildman–Crippen LogP) is 2.25. The van der Waals surface area contributed by atoms with E-state index in [4.69, 9.17) is 4.74 Å². The number of allylic oxidation sites excluding steroid dienone is 1. The van der Waals surface area contributed by atoms with E-state index in [0.29, 0.717) is 11.3 Å². The Hall–Kier alpha value is -1.82. The lowest BCUT2D eigenvalue weighted by Gasteiger charge is -2.27. The zero-order valence-corrected chi connectivity index (χ0v) is 12.1. The van der Waals surface area contributed by atoms with Crippen molar-refractivity contribution in [3.8, 4) is 0 Å². The molecular weight excluding hydrogens is 312 g/mol. The summed E-state index contributed by atoms with van der Waals surface area (Å²) >= 11 is 3.37. The standard InChI is InChI=1S/C13H13BrN2O3/c1-7-10(12(17)19-2)11(16-13(18)15-7)8-4-3-5-9(14)6-8/h3-6,11H,1-2H3,(H2,15,16,18)/t11-/m1/s1. The number of ether oxygens (including phenoxy) is 1. The third kappa shape index (κ3) is 2.78. The number of rotatable bonds is 2. The average Bonchev–Trinajstić information content (AvgIpc) is 2.37. The maximum Gasteiger partial charge on any atom is 0.337 e. The first-order valence-electron chi connectivity index (χ1n) is 5.65. The smallest absolute Gasteiger partial charge is 0.337 e. The summed E-state index contributed by atoms with van der Waals surface area (Å²) < 4.78 is 5.65. The molecule has 0 spiro atoms. The Morgan fingerprint density at radius 3 is 2.79 bits per heavy atom. The van der Waals surface area contributed by atoms with Crippen molar-refractivity contribution in [2.24, 2.45) is 0 Å². The SMILES string of the molecule is COC(=O)C1=C(C)NC(=O)N[C@@H]1c1cccc(Br)c1. The molecule has 2 amide bonds. The van der Waals surface area contributed by atoms with Gasteiger partial charge in [-0.25, -0.2) is 9.59 Å². The zero-order chi connectivity index (χ0) is 14.0. The lowest BCUT2D eigenvalue weighted by Crippen LogP contribution is -2.45. The van der Waals surface area contributed by atoms with E-state index in [9.17, 15) is 9.59 Å². The number of esters is 1. The third-order valence-electron chi connectivity index (χ3n) is 2.86. The number of benzene rings is 1. The molecule has 6 heteroatoms. The van der Waals surface area contributed by atoms with Gasteiger partial charge in [0.1, 0.15) is 0 Å². The number of amides is 2. The van der Waals surface area contributed by atoms with Crippen molar-refractivity contribution >= 4 is 27.9 Å². The Morgan fingerprint density at radius 2 is 2.16 bits per heavy atom. The molecule has 1 aliphatic rings. The predicted molar refractivity (Wildman–Crippen MR) is 73.3 cm³/mol. The van der Waals surface area contributed by atoms with E-state index in [1.54, 1.807) is 6.92 Å². The summed E-state index contributed by atoms with van der Waals surface area (Å²) in [5.74, 6) is -0.463. The van der Waals surface area contributed by atoms with Crippen LogP contribution in [0, 0.1) is 0 Å². The minimum absolute atomic E-state index is 0.338.